The fourth-order valence-corrected chi connectivity index (χ4v) is 2.23. The molecule has 1 aromatic heterocycles. The summed E-state index contributed by atoms with van der Waals surface area (Å²) in [5.74, 6) is 0.754. The molecule has 0 saturated carbocycles. The van der Waals surface area contributed by atoms with Crippen molar-refractivity contribution in [1.29, 1.82) is 0 Å². The average Bonchev–Trinajstić information content (AvgIpc) is 2.86. The van der Waals surface area contributed by atoms with Crippen LogP contribution in [0.3, 0.4) is 0 Å². The number of hydrogen-bond acceptors (Lipinski definition) is 3. The van der Waals surface area contributed by atoms with Gasteiger partial charge in [-0.1, -0.05) is 25.5 Å². The largest absolute Gasteiger partial charge is 0.465 e. The Bertz CT molecular complexity index is 600. The molecule has 0 saturated heterocycles. The molecular formula is C17H21N2O2. The maximum atomic E-state index is 11.4. The predicted octanol–water partition coefficient (Wildman–Crippen LogP) is 3.24. The second kappa shape index (κ2) is 7.07. The number of aryl methyl sites for hydroxylation is 1. The molecule has 0 aliphatic heterocycles. The Morgan fingerprint density at radius 3 is 2.67 bits per heavy atom. The highest BCUT2D eigenvalue weighted by atomic mass is 16.5. The van der Waals surface area contributed by atoms with Crippen molar-refractivity contribution in [3.63, 3.8) is 0 Å². The van der Waals surface area contributed by atoms with E-state index in [0.717, 1.165) is 42.9 Å². The Kier molecular flexibility index (Phi) is 5.14. The first-order valence-electron chi connectivity index (χ1n) is 7.19. The number of carbonyl (C=O) groups is 1. The SMILES string of the molecule is [CH2]c1cnc(CCCC)n1Cc1ccc(C(=O)OC)cc1. The van der Waals surface area contributed by atoms with E-state index >= 15 is 0 Å². The van der Waals surface area contributed by atoms with E-state index in [1.165, 1.54) is 7.11 Å². The third kappa shape index (κ3) is 3.72. The maximum absolute atomic E-state index is 11.4. The van der Waals surface area contributed by atoms with Crippen LogP contribution in [0, 0.1) is 6.92 Å². The molecule has 4 heteroatoms. The first-order chi connectivity index (χ1) is 10.2. The van der Waals surface area contributed by atoms with Crippen molar-refractivity contribution in [2.45, 2.75) is 32.7 Å². The van der Waals surface area contributed by atoms with Gasteiger partial charge in [0.1, 0.15) is 5.82 Å². The van der Waals surface area contributed by atoms with Crippen LogP contribution in [-0.2, 0) is 17.7 Å². The Labute approximate surface area is 125 Å². The minimum Gasteiger partial charge on any atom is -0.465 e. The van der Waals surface area contributed by atoms with Crippen LogP contribution < -0.4 is 0 Å². The van der Waals surface area contributed by atoms with Crippen molar-refractivity contribution in [1.82, 2.24) is 9.55 Å². The second-order valence-electron chi connectivity index (χ2n) is 5.04. The standard InChI is InChI=1S/C17H21N2O2/c1-4-5-6-16-18-11-13(2)19(16)12-14-7-9-15(10-8-14)17(20)21-3/h7-11H,2,4-6,12H2,1,3H3. The molecule has 0 atom stereocenters. The Hall–Kier alpha value is -2.10. The van der Waals surface area contributed by atoms with Gasteiger partial charge in [0.25, 0.3) is 0 Å². The van der Waals surface area contributed by atoms with Crippen molar-refractivity contribution in [3.05, 3.63) is 60.0 Å². The van der Waals surface area contributed by atoms with Gasteiger partial charge in [-0.25, -0.2) is 9.78 Å². The monoisotopic (exact) mass is 285 g/mol. The molecule has 1 heterocycles. The fourth-order valence-electron chi connectivity index (χ4n) is 2.23. The van der Waals surface area contributed by atoms with Gasteiger partial charge in [-0.3, -0.25) is 0 Å². The number of carbonyl (C=O) groups excluding carboxylic acids is 1. The number of esters is 1. The average molecular weight is 285 g/mol. The van der Waals surface area contributed by atoms with E-state index in [9.17, 15) is 4.79 Å². The number of benzene rings is 1. The van der Waals surface area contributed by atoms with Crippen LogP contribution in [0.4, 0.5) is 0 Å². The lowest BCUT2D eigenvalue weighted by molar-refractivity contribution is 0.0600. The quantitative estimate of drug-likeness (QED) is 0.765. The zero-order valence-corrected chi connectivity index (χ0v) is 12.6. The summed E-state index contributed by atoms with van der Waals surface area (Å²) in [5.41, 5.74) is 2.59. The summed E-state index contributed by atoms with van der Waals surface area (Å²) < 4.78 is 6.83. The number of methoxy groups -OCH3 is 1. The van der Waals surface area contributed by atoms with Crippen LogP contribution in [0.25, 0.3) is 0 Å². The Morgan fingerprint density at radius 1 is 1.33 bits per heavy atom. The van der Waals surface area contributed by atoms with Crippen LogP contribution in [0.2, 0.25) is 0 Å². The summed E-state index contributed by atoms with van der Waals surface area (Å²) in [6, 6.07) is 7.45. The van der Waals surface area contributed by atoms with Gasteiger partial charge in [0.15, 0.2) is 0 Å². The van der Waals surface area contributed by atoms with Crippen molar-refractivity contribution in [2.75, 3.05) is 7.11 Å². The Morgan fingerprint density at radius 2 is 2.05 bits per heavy atom. The van der Waals surface area contributed by atoms with E-state index < -0.39 is 0 Å². The molecule has 111 valence electrons. The summed E-state index contributed by atoms with van der Waals surface area (Å²) in [7, 11) is 1.39. The summed E-state index contributed by atoms with van der Waals surface area (Å²) in [6.45, 7) is 6.92. The van der Waals surface area contributed by atoms with Gasteiger partial charge in [-0.2, -0.15) is 0 Å². The molecule has 0 amide bonds. The van der Waals surface area contributed by atoms with Gasteiger partial charge in [0.05, 0.1) is 12.7 Å². The third-order valence-electron chi connectivity index (χ3n) is 3.49. The molecule has 0 aliphatic rings. The lowest BCUT2D eigenvalue weighted by Gasteiger charge is -2.10. The van der Waals surface area contributed by atoms with E-state index in [1.54, 1.807) is 12.1 Å². The zero-order chi connectivity index (χ0) is 15.2. The molecule has 2 aromatic rings. The third-order valence-corrected chi connectivity index (χ3v) is 3.49. The van der Waals surface area contributed by atoms with E-state index in [-0.39, 0.29) is 5.97 Å². The molecule has 2 rings (SSSR count). The number of rotatable bonds is 6. The Balaban J connectivity index is 2.14. The predicted molar refractivity (Wildman–Crippen MR) is 82.2 cm³/mol. The second-order valence-corrected chi connectivity index (χ2v) is 5.04. The molecule has 0 bridgehead atoms. The molecule has 21 heavy (non-hydrogen) atoms. The molecular weight excluding hydrogens is 264 g/mol. The minimum atomic E-state index is -0.314. The van der Waals surface area contributed by atoms with E-state index in [1.807, 2.05) is 18.3 Å². The number of hydrogen-bond donors (Lipinski definition) is 0. The van der Waals surface area contributed by atoms with Crippen LogP contribution in [0.5, 0.6) is 0 Å². The molecule has 0 fully saturated rings. The minimum absolute atomic E-state index is 0.314. The van der Waals surface area contributed by atoms with Crippen LogP contribution in [-0.4, -0.2) is 22.6 Å². The van der Waals surface area contributed by atoms with Crippen molar-refractivity contribution in [3.8, 4) is 0 Å². The van der Waals surface area contributed by atoms with Crippen LogP contribution in [0.1, 0.15) is 47.2 Å². The topological polar surface area (TPSA) is 44.1 Å². The first kappa shape index (κ1) is 15.3. The summed E-state index contributed by atoms with van der Waals surface area (Å²) in [4.78, 5) is 15.9. The molecule has 0 N–H and O–H groups in total. The molecule has 1 aromatic carbocycles. The van der Waals surface area contributed by atoms with Crippen molar-refractivity contribution >= 4 is 5.97 Å². The van der Waals surface area contributed by atoms with Gasteiger partial charge >= 0.3 is 5.97 Å². The highest BCUT2D eigenvalue weighted by Crippen LogP contribution is 2.13. The van der Waals surface area contributed by atoms with Crippen molar-refractivity contribution < 1.29 is 9.53 Å². The lowest BCUT2D eigenvalue weighted by atomic mass is 10.1. The fraction of sp³-hybridized carbons (Fsp3) is 0.353. The zero-order valence-electron chi connectivity index (χ0n) is 12.6. The van der Waals surface area contributed by atoms with Crippen LogP contribution >= 0.6 is 0 Å². The maximum Gasteiger partial charge on any atom is 0.337 e. The number of aromatic nitrogens is 2. The van der Waals surface area contributed by atoms with E-state index in [4.69, 9.17) is 4.74 Å². The number of nitrogens with zero attached hydrogens (tertiary/aromatic N) is 2. The van der Waals surface area contributed by atoms with Crippen LogP contribution in [0.15, 0.2) is 30.5 Å². The highest BCUT2D eigenvalue weighted by molar-refractivity contribution is 5.89. The van der Waals surface area contributed by atoms with Gasteiger partial charge in [0.2, 0.25) is 0 Å². The molecule has 1 radical (unpaired) electrons. The van der Waals surface area contributed by atoms with Crippen molar-refractivity contribution in [2.24, 2.45) is 0 Å². The van der Waals surface area contributed by atoms with Gasteiger partial charge in [-0.15, -0.1) is 0 Å². The molecule has 0 aliphatic carbocycles. The number of unbranched alkanes of at least 4 members (excludes halogenated alkanes) is 1. The van der Waals surface area contributed by atoms with Gasteiger partial charge in [-0.05, 0) is 31.0 Å². The molecule has 0 spiro atoms. The normalized spacial score (nSPS) is 10.6. The highest BCUT2D eigenvalue weighted by Gasteiger charge is 2.09. The van der Waals surface area contributed by atoms with Gasteiger partial charge in [0, 0.05) is 24.9 Å². The first-order valence-corrected chi connectivity index (χ1v) is 7.19. The summed E-state index contributed by atoms with van der Waals surface area (Å²) in [6.07, 6.45) is 5.05. The number of imidazole rings is 1. The van der Waals surface area contributed by atoms with E-state index in [0.29, 0.717) is 5.56 Å². The van der Waals surface area contributed by atoms with Gasteiger partial charge < -0.3 is 9.30 Å². The summed E-state index contributed by atoms with van der Waals surface area (Å²) in [5, 5.41) is 0. The lowest BCUT2D eigenvalue weighted by Crippen LogP contribution is -2.08. The molecule has 4 nitrogen and oxygen atoms in total. The summed E-state index contributed by atoms with van der Waals surface area (Å²) >= 11 is 0. The smallest absolute Gasteiger partial charge is 0.337 e. The molecule has 0 unspecified atom stereocenters. The number of ether oxygens (including phenoxy) is 1. The van der Waals surface area contributed by atoms with E-state index in [2.05, 4.69) is 23.4 Å².